The number of methoxy groups -OCH3 is 1. The highest BCUT2D eigenvalue weighted by Gasteiger charge is 2.14. The molecule has 4 heteroatoms. The van der Waals surface area contributed by atoms with Crippen LogP contribution in [0.1, 0.15) is 36.8 Å². The number of ether oxygens (including phenoxy) is 2. The van der Waals surface area contributed by atoms with Gasteiger partial charge in [-0.15, -0.1) is 0 Å². The molecule has 2 aromatic carbocycles. The Hall–Kier alpha value is -3.14. The molecular formula is C23H22O4. The molecule has 1 fully saturated rings. The van der Waals surface area contributed by atoms with Crippen molar-refractivity contribution >= 4 is 23.9 Å². The number of allylic oxidation sites excluding steroid dienone is 1. The third-order valence-corrected chi connectivity index (χ3v) is 4.43. The lowest BCUT2D eigenvalue weighted by Crippen LogP contribution is -2.08. The van der Waals surface area contributed by atoms with Gasteiger partial charge in [-0.1, -0.05) is 24.3 Å². The highest BCUT2D eigenvalue weighted by molar-refractivity contribution is 6.00. The lowest BCUT2D eigenvalue weighted by Gasteiger charge is -2.12. The summed E-state index contributed by atoms with van der Waals surface area (Å²) in [5.74, 6) is 1.02. The summed E-state index contributed by atoms with van der Waals surface area (Å²) >= 11 is 0. The Kier molecular flexibility index (Phi) is 6.21. The molecule has 0 aliphatic heterocycles. The van der Waals surface area contributed by atoms with Crippen LogP contribution in [0.3, 0.4) is 0 Å². The molecule has 3 rings (SSSR count). The number of rotatable bonds is 5. The topological polar surface area (TPSA) is 52.6 Å². The van der Waals surface area contributed by atoms with Crippen LogP contribution in [0.4, 0.5) is 0 Å². The molecule has 0 aromatic heterocycles. The van der Waals surface area contributed by atoms with Gasteiger partial charge in [-0.25, -0.2) is 4.79 Å². The molecule has 1 aliphatic carbocycles. The van der Waals surface area contributed by atoms with Gasteiger partial charge in [-0.05, 0) is 72.4 Å². The molecule has 0 amide bonds. The van der Waals surface area contributed by atoms with E-state index in [1.165, 1.54) is 6.08 Å². The van der Waals surface area contributed by atoms with Crippen LogP contribution in [0, 0.1) is 0 Å². The number of benzene rings is 2. The van der Waals surface area contributed by atoms with Gasteiger partial charge in [0.05, 0.1) is 7.11 Å². The van der Waals surface area contributed by atoms with E-state index < -0.39 is 5.97 Å². The second-order valence-corrected chi connectivity index (χ2v) is 6.40. The molecule has 1 aliphatic rings. The van der Waals surface area contributed by atoms with Crippen LogP contribution in [0.5, 0.6) is 11.5 Å². The van der Waals surface area contributed by atoms with Gasteiger partial charge in [0.2, 0.25) is 0 Å². The van der Waals surface area contributed by atoms with Crippen molar-refractivity contribution in [3.05, 3.63) is 71.3 Å². The van der Waals surface area contributed by atoms with Crippen molar-refractivity contribution in [2.45, 2.75) is 25.7 Å². The summed E-state index contributed by atoms with van der Waals surface area (Å²) in [5, 5.41) is 0. The summed E-state index contributed by atoms with van der Waals surface area (Å²) in [7, 11) is 1.61. The van der Waals surface area contributed by atoms with E-state index in [-0.39, 0.29) is 5.78 Å². The van der Waals surface area contributed by atoms with Crippen LogP contribution in [0.2, 0.25) is 0 Å². The van der Waals surface area contributed by atoms with E-state index in [1.807, 2.05) is 42.5 Å². The summed E-state index contributed by atoms with van der Waals surface area (Å²) in [6, 6.07) is 14.5. The first-order valence-electron chi connectivity index (χ1n) is 9.02. The third-order valence-electron chi connectivity index (χ3n) is 4.43. The maximum absolute atomic E-state index is 12.0. The Balaban J connectivity index is 1.58. The SMILES string of the molecule is COc1ccc(/C=C/C(=O)Oc2ccc(/C=C3/CCCCC3=O)cc2)cc1. The minimum absolute atomic E-state index is 0.237. The molecule has 0 radical (unpaired) electrons. The Labute approximate surface area is 159 Å². The Morgan fingerprint density at radius 3 is 2.19 bits per heavy atom. The average Bonchev–Trinajstić information content (AvgIpc) is 2.70. The van der Waals surface area contributed by atoms with Crippen molar-refractivity contribution in [1.82, 2.24) is 0 Å². The van der Waals surface area contributed by atoms with Crippen LogP contribution in [-0.2, 0) is 9.59 Å². The number of hydrogen-bond acceptors (Lipinski definition) is 4. The normalized spacial score (nSPS) is 15.9. The summed E-state index contributed by atoms with van der Waals surface area (Å²) in [6.07, 6.45) is 8.53. The molecule has 0 N–H and O–H groups in total. The lowest BCUT2D eigenvalue weighted by atomic mass is 9.92. The monoisotopic (exact) mass is 362 g/mol. The molecule has 138 valence electrons. The Morgan fingerprint density at radius 1 is 0.889 bits per heavy atom. The van der Waals surface area contributed by atoms with E-state index in [9.17, 15) is 9.59 Å². The molecule has 2 aromatic rings. The van der Waals surface area contributed by atoms with Gasteiger partial charge in [-0.3, -0.25) is 4.79 Å². The minimum Gasteiger partial charge on any atom is -0.497 e. The van der Waals surface area contributed by atoms with E-state index in [2.05, 4.69) is 0 Å². The minimum atomic E-state index is -0.445. The number of ketones is 1. The van der Waals surface area contributed by atoms with Gasteiger partial charge in [0.15, 0.2) is 5.78 Å². The van der Waals surface area contributed by atoms with Crippen LogP contribution < -0.4 is 9.47 Å². The third kappa shape index (κ3) is 5.42. The van der Waals surface area contributed by atoms with Crippen molar-refractivity contribution in [2.75, 3.05) is 7.11 Å². The van der Waals surface area contributed by atoms with E-state index in [4.69, 9.17) is 9.47 Å². The maximum Gasteiger partial charge on any atom is 0.336 e. The summed E-state index contributed by atoms with van der Waals surface area (Å²) in [5.41, 5.74) is 2.70. The number of carbonyl (C=O) groups is 2. The van der Waals surface area contributed by atoms with Gasteiger partial charge in [-0.2, -0.15) is 0 Å². The van der Waals surface area contributed by atoms with Crippen molar-refractivity contribution in [2.24, 2.45) is 0 Å². The molecule has 0 atom stereocenters. The smallest absolute Gasteiger partial charge is 0.336 e. The van der Waals surface area contributed by atoms with Crippen molar-refractivity contribution < 1.29 is 19.1 Å². The Bertz CT molecular complexity index is 858. The Morgan fingerprint density at radius 2 is 1.52 bits per heavy atom. The fraction of sp³-hybridized carbons (Fsp3) is 0.217. The lowest BCUT2D eigenvalue weighted by molar-refractivity contribution is -0.128. The second kappa shape index (κ2) is 8.99. The molecule has 0 spiro atoms. The first-order chi connectivity index (χ1) is 13.1. The van der Waals surface area contributed by atoms with Gasteiger partial charge in [0.25, 0.3) is 0 Å². The highest BCUT2D eigenvalue weighted by Crippen LogP contribution is 2.23. The zero-order chi connectivity index (χ0) is 19.1. The summed E-state index contributed by atoms with van der Waals surface area (Å²) < 4.78 is 10.4. The predicted molar refractivity (Wildman–Crippen MR) is 106 cm³/mol. The zero-order valence-corrected chi connectivity index (χ0v) is 15.3. The van der Waals surface area contributed by atoms with Gasteiger partial charge < -0.3 is 9.47 Å². The maximum atomic E-state index is 12.0. The second-order valence-electron chi connectivity index (χ2n) is 6.40. The standard InChI is InChI=1S/C23H22O4/c1-26-20-11-6-17(7-12-20)10-15-23(25)27-21-13-8-18(9-14-21)16-19-4-2-3-5-22(19)24/h6-16H,2-5H2,1H3/b15-10+,19-16-. The van der Waals surface area contributed by atoms with Crippen LogP contribution in [0.25, 0.3) is 12.2 Å². The van der Waals surface area contributed by atoms with E-state index in [0.717, 1.165) is 41.7 Å². The van der Waals surface area contributed by atoms with Gasteiger partial charge >= 0.3 is 5.97 Å². The molecule has 0 heterocycles. The summed E-state index contributed by atoms with van der Waals surface area (Å²) in [4.78, 5) is 23.8. The molecule has 0 unspecified atom stereocenters. The van der Waals surface area contributed by atoms with Crippen molar-refractivity contribution in [3.8, 4) is 11.5 Å². The quantitative estimate of drug-likeness (QED) is 0.434. The van der Waals surface area contributed by atoms with Crippen molar-refractivity contribution in [1.29, 1.82) is 0 Å². The van der Waals surface area contributed by atoms with Crippen molar-refractivity contribution in [3.63, 3.8) is 0 Å². The molecule has 0 bridgehead atoms. The number of carbonyl (C=O) groups excluding carboxylic acids is 2. The predicted octanol–water partition coefficient (Wildman–Crippen LogP) is 4.84. The fourth-order valence-corrected chi connectivity index (χ4v) is 2.92. The summed E-state index contributed by atoms with van der Waals surface area (Å²) in [6.45, 7) is 0. The molecule has 0 saturated heterocycles. The number of hydrogen-bond donors (Lipinski definition) is 0. The van der Waals surface area contributed by atoms with Gasteiger partial charge in [0, 0.05) is 12.5 Å². The van der Waals surface area contributed by atoms with Crippen LogP contribution in [0.15, 0.2) is 60.2 Å². The molecular weight excluding hydrogens is 340 g/mol. The number of esters is 1. The molecule has 1 saturated carbocycles. The first-order valence-corrected chi connectivity index (χ1v) is 9.02. The van der Waals surface area contributed by atoms with Gasteiger partial charge in [0.1, 0.15) is 11.5 Å². The van der Waals surface area contributed by atoms with Crippen LogP contribution >= 0.6 is 0 Å². The van der Waals surface area contributed by atoms with E-state index in [0.29, 0.717) is 12.2 Å². The highest BCUT2D eigenvalue weighted by atomic mass is 16.5. The molecule has 4 nitrogen and oxygen atoms in total. The van der Waals surface area contributed by atoms with Crippen LogP contribution in [-0.4, -0.2) is 18.9 Å². The first kappa shape index (κ1) is 18.6. The number of Topliss-reactive ketones (excluding diaryl/α,β-unsaturated/α-hetero) is 1. The zero-order valence-electron chi connectivity index (χ0n) is 15.3. The largest absolute Gasteiger partial charge is 0.497 e. The van der Waals surface area contributed by atoms with E-state index in [1.54, 1.807) is 25.3 Å². The molecule has 27 heavy (non-hydrogen) atoms. The van der Waals surface area contributed by atoms with E-state index >= 15 is 0 Å². The fourth-order valence-electron chi connectivity index (χ4n) is 2.92. The average molecular weight is 362 g/mol.